The van der Waals surface area contributed by atoms with Crippen LogP contribution in [0.5, 0.6) is 0 Å². The highest BCUT2D eigenvalue weighted by molar-refractivity contribution is 6.30. The van der Waals surface area contributed by atoms with E-state index in [1.807, 2.05) is 42.5 Å². The van der Waals surface area contributed by atoms with Gasteiger partial charge in [-0.25, -0.2) is 9.59 Å². The van der Waals surface area contributed by atoms with E-state index >= 15 is 0 Å². The Morgan fingerprint density at radius 3 is 2.31 bits per heavy atom. The quantitative estimate of drug-likeness (QED) is 0.403. The molecule has 2 N–H and O–H groups in total. The molecule has 3 aromatic carbocycles. The molecule has 7 heteroatoms. The third kappa shape index (κ3) is 7.31. The first-order chi connectivity index (χ1) is 16.6. The highest BCUT2D eigenvalue weighted by Crippen LogP contribution is 2.31. The van der Waals surface area contributed by atoms with E-state index in [9.17, 15) is 14.7 Å². The zero-order chi connectivity index (χ0) is 25.6. The molecule has 0 radical (unpaired) electrons. The Hall–Kier alpha value is -3.35. The van der Waals surface area contributed by atoms with Crippen LogP contribution in [-0.4, -0.2) is 29.9 Å². The van der Waals surface area contributed by atoms with E-state index < -0.39 is 23.8 Å². The van der Waals surface area contributed by atoms with Crippen LogP contribution in [0.1, 0.15) is 65.1 Å². The minimum atomic E-state index is -0.963. The van der Waals surface area contributed by atoms with E-state index in [0.717, 1.165) is 16.7 Å². The van der Waals surface area contributed by atoms with E-state index in [-0.39, 0.29) is 6.54 Å². The predicted molar refractivity (Wildman–Crippen MR) is 136 cm³/mol. The fourth-order valence-electron chi connectivity index (χ4n) is 3.69. The van der Waals surface area contributed by atoms with Gasteiger partial charge in [0, 0.05) is 11.6 Å². The summed E-state index contributed by atoms with van der Waals surface area (Å²) in [5.41, 5.74) is 3.81. The highest BCUT2D eigenvalue weighted by atomic mass is 35.5. The molecule has 6 nitrogen and oxygen atoms in total. The number of carbonyl (C=O) groups excluding carboxylic acids is 2. The molecule has 0 aliphatic carbocycles. The first-order valence-corrected chi connectivity index (χ1v) is 11.6. The average Bonchev–Trinajstić information content (AvgIpc) is 2.82. The van der Waals surface area contributed by atoms with Gasteiger partial charge < -0.3 is 19.9 Å². The lowest BCUT2D eigenvalue weighted by Crippen LogP contribution is -2.32. The summed E-state index contributed by atoms with van der Waals surface area (Å²) in [7, 11) is 1.35. The smallest absolute Gasteiger partial charge is 0.407 e. The number of amides is 1. The molecule has 0 saturated carbocycles. The molecule has 0 fully saturated rings. The molecule has 35 heavy (non-hydrogen) atoms. The number of carbonyl (C=O) groups is 2. The van der Waals surface area contributed by atoms with Crippen LogP contribution in [0.25, 0.3) is 0 Å². The second-order valence-electron chi connectivity index (χ2n) is 9.17. The van der Waals surface area contributed by atoms with Crippen LogP contribution in [0.15, 0.2) is 66.7 Å². The van der Waals surface area contributed by atoms with E-state index in [1.165, 1.54) is 7.11 Å². The molecule has 0 spiro atoms. The van der Waals surface area contributed by atoms with Crippen molar-refractivity contribution in [3.8, 4) is 0 Å². The number of aliphatic hydroxyl groups excluding tert-OH is 1. The Morgan fingerprint density at radius 2 is 1.66 bits per heavy atom. The molecule has 3 aromatic rings. The summed E-state index contributed by atoms with van der Waals surface area (Å²) >= 11 is 6.29. The van der Waals surface area contributed by atoms with Gasteiger partial charge in [0.2, 0.25) is 0 Å². The summed E-state index contributed by atoms with van der Waals surface area (Å²) in [6, 6.07) is 19.9. The number of methoxy groups -OCH3 is 1. The maximum absolute atomic E-state index is 12.1. The van der Waals surface area contributed by atoms with Crippen molar-refractivity contribution in [2.24, 2.45) is 0 Å². The largest absolute Gasteiger partial charge is 0.465 e. The van der Waals surface area contributed by atoms with Crippen LogP contribution in [0.4, 0.5) is 4.79 Å². The van der Waals surface area contributed by atoms with Gasteiger partial charge in [-0.05, 0) is 79.3 Å². The Labute approximate surface area is 210 Å². The third-order valence-corrected chi connectivity index (χ3v) is 5.58. The van der Waals surface area contributed by atoms with E-state index in [4.69, 9.17) is 21.1 Å². The van der Waals surface area contributed by atoms with Gasteiger partial charge in [0.1, 0.15) is 11.7 Å². The zero-order valence-corrected chi connectivity index (χ0v) is 21.1. The van der Waals surface area contributed by atoms with Gasteiger partial charge in [0.25, 0.3) is 0 Å². The monoisotopic (exact) mass is 495 g/mol. The van der Waals surface area contributed by atoms with Crippen LogP contribution >= 0.6 is 11.6 Å². The van der Waals surface area contributed by atoms with Crippen molar-refractivity contribution in [3.05, 3.63) is 105 Å². The fourth-order valence-corrected chi connectivity index (χ4v) is 3.87. The molecule has 1 atom stereocenters. The molecule has 1 unspecified atom stereocenters. The minimum absolute atomic E-state index is 0.201. The first kappa shape index (κ1) is 26.3. The van der Waals surface area contributed by atoms with Crippen molar-refractivity contribution in [2.75, 3.05) is 7.11 Å². The van der Waals surface area contributed by atoms with Crippen molar-refractivity contribution in [3.63, 3.8) is 0 Å². The first-order valence-electron chi connectivity index (χ1n) is 11.3. The lowest BCUT2D eigenvalue weighted by molar-refractivity contribution is 0.0521. The lowest BCUT2D eigenvalue weighted by Gasteiger charge is -2.22. The Morgan fingerprint density at radius 1 is 0.971 bits per heavy atom. The summed E-state index contributed by atoms with van der Waals surface area (Å²) in [6.07, 6.45) is -0.959. The van der Waals surface area contributed by atoms with Gasteiger partial charge in [-0.2, -0.15) is 0 Å². The second-order valence-corrected chi connectivity index (χ2v) is 9.60. The van der Waals surface area contributed by atoms with Crippen molar-refractivity contribution < 1.29 is 24.2 Å². The molecule has 3 rings (SSSR count). The van der Waals surface area contributed by atoms with Gasteiger partial charge in [-0.15, -0.1) is 0 Å². The number of nitrogens with one attached hydrogen (secondary N) is 1. The summed E-state index contributed by atoms with van der Waals surface area (Å²) in [6.45, 7) is 5.60. The Bertz CT molecular complexity index is 1180. The van der Waals surface area contributed by atoms with Gasteiger partial charge >= 0.3 is 12.1 Å². The number of esters is 1. The topological polar surface area (TPSA) is 84.9 Å². The molecule has 0 aliphatic rings. The standard InChI is InChI=1S/C28H30ClNO5/c1-28(2,3)35-27(33)30-17-21-7-5-6-8-23(21)25(31)24-16-22(29)14-13-20(24)15-18-9-11-19(12-10-18)26(32)34-4/h5-14,16,25,31H,15,17H2,1-4H3,(H,30,33). The number of rotatable bonds is 7. The second kappa shape index (κ2) is 11.4. The third-order valence-electron chi connectivity index (χ3n) is 5.34. The van der Waals surface area contributed by atoms with E-state index in [0.29, 0.717) is 28.1 Å². The van der Waals surface area contributed by atoms with Crippen molar-refractivity contribution in [1.29, 1.82) is 0 Å². The van der Waals surface area contributed by atoms with Gasteiger partial charge in [0.15, 0.2) is 0 Å². The predicted octanol–water partition coefficient (Wildman–Crippen LogP) is 5.82. The van der Waals surface area contributed by atoms with Crippen molar-refractivity contribution in [2.45, 2.75) is 45.4 Å². The number of hydrogen-bond acceptors (Lipinski definition) is 5. The fraction of sp³-hybridized carbons (Fsp3) is 0.286. The summed E-state index contributed by atoms with van der Waals surface area (Å²) in [5.74, 6) is -0.393. The van der Waals surface area contributed by atoms with Crippen molar-refractivity contribution in [1.82, 2.24) is 5.32 Å². The number of benzene rings is 3. The summed E-state index contributed by atoms with van der Waals surface area (Å²) < 4.78 is 10.1. The number of ether oxygens (including phenoxy) is 2. The number of halogens is 1. The molecule has 0 aromatic heterocycles. The molecular weight excluding hydrogens is 466 g/mol. The highest BCUT2D eigenvalue weighted by Gasteiger charge is 2.20. The molecule has 184 valence electrons. The van der Waals surface area contributed by atoms with Crippen LogP contribution < -0.4 is 5.32 Å². The Balaban J connectivity index is 1.85. The van der Waals surface area contributed by atoms with Gasteiger partial charge in [0.05, 0.1) is 12.7 Å². The normalized spacial score (nSPS) is 12.1. The Kier molecular flexibility index (Phi) is 8.54. The number of hydrogen-bond donors (Lipinski definition) is 2. The molecular formula is C28H30ClNO5. The minimum Gasteiger partial charge on any atom is -0.465 e. The van der Waals surface area contributed by atoms with Crippen LogP contribution in [0, 0.1) is 0 Å². The maximum atomic E-state index is 12.1. The average molecular weight is 496 g/mol. The summed E-state index contributed by atoms with van der Waals surface area (Å²) in [5, 5.41) is 14.7. The van der Waals surface area contributed by atoms with Crippen LogP contribution in [0.2, 0.25) is 5.02 Å². The maximum Gasteiger partial charge on any atom is 0.407 e. The van der Waals surface area contributed by atoms with Crippen LogP contribution in [0.3, 0.4) is 0 Å². The molecule has 0 heterocycles. The van der Waals surface area contributed by atoms with Gasteiger partial charge in [-0.3, -0.25) is 0 Å². The zero-order valence-electron chi connectivity index (χ0n) is 20.3. The SMILES string of the molecule is COC(=O)c1ccc(Cc2ccc(Cl)cc2C(O)c2ccccc2CNC(=O)OC(C)(C)C)cc1. The molecule has 0 saturated heterocycles. The van der Waals surface area contributed by atoms with E-state index in [1.54, 1.807) is 45.0 Å². The van der Waals surface area contributed by atoms with Crippen LogP contribution in [-0.2, 0) is 22.4 Å². The number of aliphatic hydroxyl groups is 1. The number of alkyl carbamates (subject to hydrolysis) is 1. The van der Waals surface area contributed by atoms with Crippen molar-refractivity contribution >= 4 is 23.7 Å². The molecule has 0 aliphatic heterocycles. The lowest BCUT2D eigenvalue weighted by atomic mass is 9.91. The molecule has 0 bridgehead atoms. The molecule has 1 amide bonds. The van der Waals surface area contributed by atoms with Gasteiger partial charge in [-0.1, -0.05) is 54.1 Å². The van der Waals surface area contributed by atoms with E-state index in [2.05, 4.69) is 5.32 Å². The summed E-state index contributed by atoms with van der Waals surface area (Å²) in [4.78, 5) is 23.8.